The zero-order valence-electron chi connectivity index (χ0n) is 12.5. The van der Waals surface area contributed by atoms with Crippen LogP contribution in [-0.4, -0.2) is 35.0 Å². The fourth-order valence-corrected chi connectivity index (χ4v) is 1.95. The number of amides is 1. The van der Waals surface area contributed by atoms with E-state index in [1.807, 2.05) is 32.0 Å². The molecule has 0 saturated carbocycles. The Bertz CT molecular complexity index is 483. The van der Waals surface area contributed by atoms with Crippen LogP contribution in [0.2, 0.25) is 0 Å². The van der Waals surface area contributed by atoms with Gasteiger partial charge in [0.2, 0.25) is 0 Å². The van der Waals surface area contributed by atoms with E-state index in [-0.39, 0.29) is 18.9 Å². The molecule has 0 unspecified atom stereocenters. The van der Waals surface area contributed by atoms with Crippen molar-refractivity contribution in [3.63, 3.8) is 0 Å². The minimum Gasteiger partial charge on any atom is -0.481 e. The number of carbonyl (C=O) groups excluding carboxylic acids is 1. The van der Waals surface area contributed by atoms with Crippen molar-refractivity contribution < 1.29 is 14.7 Å². The second-order valence-corrected chi connectivity index (χ2v) is 5.09. The molecule has 0 aliphatic carbocycles. The molecule has 0 atom stereocenters. The first kappa shape index (κ1) is 16.2. The molecule has 0 aliphatic rings. The third kappa shape index (κ3) is 4.68. The molecular weight excluding hydrogens is 254 g/mol. The summed E-state index contributed by atoms with van der Waals surface area (Å²) in [5.41, 5.74) is 2.85. The molecule has 4 heteroatoms. The van der Waals surface area contributed by atoms with Gasteiger partial charge in [0.1, 0.15) is 0 Å². The standard InChI is InChI=1S/C16H23NO3/c1-4-5-9-17(10-8-15(18)19)16(20)14-7-6-12(2)13(3)11-14/h6-7,11H,4-5,8-10H2,1-3H3,(H,18,19). The molecule has 1 amide bonds. The summed E-state index contributed by atoms with van der Waals surface area (Å²) in [6, 6.07) is 5.61. The Kier molecular flexibility index (Phi) is 6.22. The smallest absolute Gasteiger partial charge is 0.305 e. The first-order valence-corrected chi connectivity index (χ1v) is 7.04. The lowest BCUT2D eigenvalue weighted by molar-refractivity contribution is -0.137. The van der Waals surface area contributed by atoms with Gasteiger partial charge >= 0.3 is 5.97 Å². The molecular formula is C16H23NO3. The number of carboxylic acid groups (broad SMARTS) is 1. The van der Waals surface area contributed by atoms with Crippen LogP contribution in [0.5, 0.6) is 0 Å². The van der Waals surface area contributed by atoms with Gasteiger partial charge in [0.05, 0.1) is 6.42 Å². The molecule has 4 nitrogen and oxygen atoms in total. The Hall–Kier alpha value is -1.84. The van der Waals surface area contributed by atoms with Crippen molar-refractivity contribution >= 4 is 11.9 Å². The quantitative estimate of drug-likeness (QED) is 0.833. The van der Waals surface area contributed by atoms with E-state index in [4.69, 9.17) is 5.11 Å². The second kappa shape index (κ2) is 7.68. The van der Waals surface area contributed by atoms with Crippen molar-refractivity contribution in [3.05, 3.63) is 34.9 Å². The molecule has 110 valence electrons. The van der Waals surface area contributed by atoms with Gasteiger partial charge in [0, 0.05) is 18.7 Å². The highest BCUT2D eigenvalue weighted by atomic mass is 16.4. The second-order valence-electron chi connectivity index (χ2n) is 5.09. The number of aryl methyl sites for hydroxylation is 2. The van der Waals surface area contributed by atoms with Crippen LogP contribution >= 0.6 is 0 Å². The molecule has 1 N–H and O–H groups in total. The fourth-order valence-electron chi connectivity index (χ4n) is 1.95. The summed E-state index contributed by atoms with van der Waals surface area (Å²) in [4.78, 5) is 24.8. The largest absolute Gasteiger partial charge is 0.481 e. The van der Waals surface area contributed by atoms with Crippen molar-refractivity contribution in [1.29, 1.82) is 0 Å². The van der Waals surface area contributed by atoms with Gasteiger partial charge in [-0.2, -0.15) is 0 Å². The van der Waals surface area contributed by atoms with Crippen molar-refractivity contribution in [3.8, 4) is 0 Å². The van der Waals surface area contributed by atoms with E-state index in [1.165, 1.54) is 0 Å². The Morgan fingerprint density at radius 1 is 1.15 bits per heavy atom. The zero-order valence-corrected chi connectivity index (χ0v) is 12.5. The molecule has 20 heavy (non-hydrogen) atoms. The van der Waals surface area contributed by atoms with Crippen molar-refractivity contribution in [2.24, 2.45) is 0 Å². The molecule has 0 aromatic heterocycles. The van der Waals surface area contributed by atoms with Gasteiger partial charge in [0.15, 0.2) is 0 Å². The molecule has 0 fully saturated rings. The predicted molar refractivity (Wildman–Crippen MR) is 79.0 cm³/mol. The summed E-state index contributed by atoms with van der Waals surface area (Å²) < 4.78 is 0. The average Bonchev–Trinajstić information content (AvgIpc) is 2.41. The Balaban J connectivity index is 2.84. The summed E-state index contributed by atoms with van der Waals surface area (Å²) in [6.07, 6.45) is 1.85. The highest BCUT2D eigenvalue weighted by Crippen LogP contribution is 2.13. The molecule has 0 radical (unpaired) electrons. The summed E-state index contributed by atoms with van der Waals surface area (Å²) in [5.74, 6) is -0.956. The van der Waals surface area contributed by atoms with Gasteiger partial charge in [-0.05, 0) is 43.5 Å². The monoisotopic (exact) mass is 277 g/mol. The topological polar surface area (TPSA) is 57.6 Å². The van der Waals surface area contributed by atoms with Gasteiger partial charge in [-0.15, -0.1) is 0 Å². The van der Waals surface area contributed by atoms with E-state index in [1.54, 1.807) is 4.90 Å². The van der Waals surface area contributed by atoms with Crippen molar-refractivity contribution in [2.75, 3.05) is 13.1 Å². The number of aliphatic carboxylic acids is 1. The van der Waals surface area contributed by atoms with Crippen molar-refractivity contribution in [1.82, 2.24) is 4.90 Å². The maximum absolute atomic E-state index is 12.5. The number of carbonyl (C=O) groups is 2. The Labute approximate surface area is 120 Å². The van der Waals surface area contributed by atoms with Crippen LogP contribution in [0.15, 0.2) is 18.2 Å². The van der Waals surface area contributed by atoms with Gasteiger partial charge < -0.3 is 10.0 Å². The van der Waals surface area contributed by atoms with E-state index < -0.39 is 5.97 Å². The third-order valence-corrected chi connectivity index (χ3v) is 3.42. The van der Waals surface area contributed by atoms with E-state index in [0.717, 1.165) is 24.0 Å². The maximum atomic E-state index is 12.5. The lowest BCUT2D eigenvalue weighted by atomic mass is 10.1. The molecule has 0 aliphatic heterocycles. The first-order chi connectivity index (χ1) is 9.45. The summed E-state index contributed by atoms with van der Waals surface area (Å²) in [7, 11) is 0. The van der Waals surface area contributed by atoms with Gasteiger partial charge in [0.25, 0.3) is 5.91 Å². The lowest BCUT2D eigenvalue weighted by Crippen LogP contribution is -2.34. The predicted octanol–water partition coefficient (Wildman–Crippen LogP) is 3.02. The minimum atomic E-state index is -0.876. The molecule has 0 bridgehead atoms. The number of hydrogen-bond acceptors (Lipinski definition) is 2. The first-order valence-electron chi connectivity index (χ1n) is 7.04. The van der Waals surface area contributed by atoms with Crippen LogP contribution in [0.25, 0.3) is 0 Å². The zero-order chi connectivity index (χ0) is 15.1. The molecule has 0 heterocycles. The number of hydrogen-bond donors (Lipinski definition) is 1. The van der Waals surface area contributed by atoms with Crippen LogP contribution in [0.1, 0.15) is 47.7 Å². The van der Waals surface area contributed by atoms with Gasteiger partial charge in [-0.3, -0.25) is 9.59 Å². The SMILES string of the molecule is CCCCN(CCC(=O)O)C(=O)c1ccc(C)c(C)c1. The van der Waals surface area contributed by atoms with Crippen LogP contribution < -0.4 is 0 Å². The van der Waals surface area contributed by atoms with Crippen LogP contribution in [-0.2, 0) is 4.79 Å². The van der Waals surface area contributed by atoms with E-state index in [2.05, 4.69) is 6.92 Å². The number of rotatable bonds is 7. The van der Waals surface area contributed by atoms with E-state index >= 15 is 0 Å². The van der Waals surface area contributed by atoms with Gasteiger partial charge in [-0.1, -0.05) is 19.4 Å². The normalized spacial score (nSPS) is 10.3. The highest BCUT2D eigenvalue weighted by Gasteiger charge is 2.16. The van der Waals surface area contributed by atoms with E-state index in [0.29, 0.717) is 12.1 Å². The van der Waals surface area contributed by atoms with Crippen molar-refractivity contribution in [2.45, 2.75) is 40.0 Å². The number of nitrogens with zero attached hydrogens (tertiary/aromatic N) is 1. The summed E-state index contributed by atoms with van der Waals surface area (Å²) in [5, 5.41) is 8.78. The lowest BCUT2D eigenvalue weighted by Gasteiger charge is -2.22. The maximum Gasteiger partial charge on any atom is 0.305 e. The van der Waals surface area contributed by atoms with E-state index in [9.17, 15) is 9.59 Å². The number of unbranched alkanes of at least 4 members (excludes halogenated alkanes) is 1. The molecule has 0 saturated heterocycles. The van der Waals surface area contributed by atoms with Crippen LogP contribution in [0.3, 0.4) is 0 Å². The van der Waals surface area contributed by atoms with Gasteiger partial charge in [-0.25, -0.2) is 0 Å². The third-order valence-electron chi connectivity index (χ3n) is 3.42. The molecule has 1 aromatic carbocycles. The average molecular weight is 277 g/mol. The fraction of sp³-hybridized carbons (Fsp3) is 0.500. The Morgan fingerprint density at radius 3 is 2.40 bits per heavy atom. The number of benzene rings is 1. The minimum absolute atomic E-state index is 0.0136. The number of carboxylic acids is 1. The van der Waals surface area contributed by atoms with Crippen LogP contribution in [0, 0.1) is 13.8 Å². The van der Waals surface area contributed by atoms with Crippen LogP contribution in [0.4, 0.5) is 0 Å². The molecule has 1 rings (SSSR count). The summed E-state index contributed by atoms with van der Waals surface area (Å²) in [6.45, 7) is 6.90. The Morgan fingerprint density at radius 2 is 1.85 bits per heavy atom. The molecule has 1 aromatic rings. The molecule has 0 spiro atoms. The highest BCUT2D eigenvalue weighted by molar-refractivity contribution is 5.94. The summed E-state index contributed by atoms with van der Waals surface area (Å²) >= 11 is 0.